The van der Waals surface area contributed by atoms with Gasteiger partial charge in [-0.25, -0.2) is 0 Å². The first-order valence-electron chi connectivity index (χ1n) is 12.0. The molecule has 182 valence electrons. The summed E-state index contributed by atoms with van der Waals surface area (Å²) in [5.74, 6) is 0.212. The summed E-state index contributed by atoms with van der Waals surface area (Å²) in [6.45, 7) is 4.37. The van der Waals surface area contributed by atoms with E-state index in [-0.39, 0.29) is 29.8 Å². The van der Waals surface area contributed by atoms with Gasteiger partial charge in [-0.05, 0) is 55.1 Å². The van der Waals surface area contributed by atoms with Crippen molar-refractivity contribution in [3.63, 3.8) is 0 Å². The molecule has 1 saturated heterocycles. The molecule has 7 heteroatoms. The first-order valence-corrected chi connectivity index (χ1v) is 12.4. The summed E-state index contributed by atoms with van der Waals surface area (Å²) in [6.07, 6.45) is 5.56. The molecule has 2 amide bonds. The summed E-state index contributed by atoms with van der Waals surface area (Å²) in [5, 5.41) is 7.05. The van der Waals surface area contributed by atoms with Gasteiger partial charge < -0.3 is 21.3 Å². The number of carbonyl (C=O) groups excluding carboxylic acids is 2. The van der Waals surface area contributed by atoms with Gasteiger partial charge in [-0.1, -0.05) is 61.0 Å². The van der Waals surface area contributed by atoms with E-state index >= 15 is 0 Å². The van der Waals surface area contributed by atoms with E-state index in [0.29, 0.717) is 37.6 Å². The highest BCUT2D eigenvalue weighted by molar-refractivity contribution is 6.30. The average Bonchev–Trinajstić information content (AvgIpc) is 3.00. The van der Waals surface area contributed by atoms with E-state index in [2.05, 4.69) is 29.7 Å². The molecule has 2 aromatic carbocycles. The molecular formula is C27H35ClN4O2. The molecule has 1 heterocycles. The first-order chi connectivity index (χ1) is 16.5. The van der Waals surface area contributed by atoms with Gasteiger partial charge in [0.15, 0.2) is 0 Å². The molecule has 34 heavy (non-hydrogen) atoms. The lowest BCUT2D eigenvalue weighted by atomic mass is 9.95. The standard InChI is InChI=1S/C27H35ClN4O2/c1-2-21(22-6-4-3-5-7-22)19-32-17-15-24(31-25(14-16-29)27(32)34)18-30-26(33)13-10-20-8-11-23(28)12-9-20/h3-13,21,24-25,31H,2,14-19,29H2,1H3,(H,30,33). The fourth-order valence-electron chi connectivity index (χ4n) is 4.29. The predicted octanol–water partition coefficient (Wildman–Crippen LogP) is 3.57. The van der Waals surface area contributed by atoms with E-state index < -0.39 is 0 Å². The third-order valence-electron chi connectivity index (χ3n) is 6.27. The second-order valence-corrected chi connectivity index (χ2v) is 9.15. The molecule has 3 atom stereocenters. The van der Waals surface area contributed by atoms with Crippen molar-refractivity contribution in [1.82, 2.24) is 15.5 Å². The second-order valence-electron chi connectivity index (χ2n) is 8.71. The van der Waals surface area contributed by atoms with Crippen molar-refractivity contribution in [3.8, 4) is 0 Å². The number of hydrogen-bond acceptors (Lipinski definition) is 4. The van der Waals surface area contributed by atoms with Crippen LogP contribution in [0.2, 0.25) is 5.02 Å². The second kappa shape index (κ2) is 13.3. The number of nitrogens with two attached hydrogens (primary N) is 1. The van der Waals surface area contributed by atoms with Gasteiger partial charge in [-0.15, -0.1) is 0 Å². The van der Waals surface area contributed by atoms with Gasteiger partial charge in [0, 0.05) is 42.7 Å². The number of amides is 2. The van der Waals surface area contributed by atoms with Crippen LogP contribution in [0.5, 0.6) is 0 Å². The first kappa shape index (κ1) is 25.9. The Kier molecular flexibility index (Phi) is 10.1. The number of hydrogen-bond donors (Lipinski definition) is 3. The van der Waals surface area contributed by atoms with Gasteiger partial charge in [0.1, 0.15) is 0 Å². The highest BCUT2D eigenvalue weighted by Gasteiger charge is 2.31. The Morgan fingerprint density at radius 2 is 1.97 bits per heavy atom. The minimum absolute atomic E-state index is 0.00446. The molecule has 0 spiro atoms. The highest BCUT2D eigenvalue weighted by atomic mass is 35.5. The van der Waals surface area contributed by atoms with Crippen LogP contribution in [-0.2, 0) is 9.59 Å². The summed E-state index contributed by atoms with van der Waals surface area (Å²) in [7, 11) is 0. The Labute approximate surface area is 207 Å². The maximum absolute atomic E-state index is 13.3. The van der Waals surface area contributed by atoms with Crippen molar-refractivity contribution < 1.29 is 9.59 Å². The molecule has 1 aliphatic heterocycles. The third-order valence-corrected chi connectivity index (χ3v) is 6.53. The molecule has 0 saturated carbocycles. The SMILES string of the molecule is CCC(CN1CCC(CNC(=O)C=Cc2ccc(Cl)cc2)NC(CCN)C1=O)c1ccccc1. The van der Waals surface area contributed by atoms with Gasteiger partial charge in [-0.2, -0.15) is 0 Å². The Morgan fingerprint density at radius 3 is 2.65 bits per heavy atom. The smallest absolute Gasteiger partial charge is 0.244 e. The number of benzene rings is 2. The lowest BCUT2D eigenvalue weighted by Gasteiger charge is -2.28. The summed E-state index contributed by atoms with van der Waals surface area (Å²) in [6, 6.07) is 17.3. The Hall–Kier alpha value is -2.67. The van der Waals surface area contributed by atoms with Gasteiger partial charge in [0.25, 0.3) is 0 Å². The van der Waals surface area contributed by atoms with Crippen LogP contribution in [0.15, 0.2) is 60.7 Å². The molecule has 0 bridgehead atoms. The number of nitrogens with zero attached hydrogens (tertiary/aromatic N) is 1. The summed E-state index contributed by atoms with van der Waals surface area (Å²) >= 11 is 5.90. The van der Waals surface area contributed by atoms with E-state index in [4.69, 9.17) is 17.3 Å². The topological polar surface area (TPSA) is 87.5 Å². The summed E-state index contributed by atoms with van der Waals surface area (Å²) in [4.78, 5) is 27.6. The molecule has 1 fully saturated rings. The molecule has 0 aliphatic carbocycles. The maximum Gasteiger partial charge on any atom is 0.244 e. The molecule has 3 rings (SSSR count). The van der Waals surface area contributed by atoms with E-state index in [0.717, 1.165) is 18.4 Å². The van der Waals surface area contributed by atoms with Crippen LogP contribution < -0.4 is 16.4 Å². The van der Waals surface area contributed by atoms with E-state index in [9.17, 15) is 9.59 Å². The van der Waals surface area contributed by atoms with Crippen molar-refractivity contribution in [2.24, 2.45) is 5.73 Å². The third kappa shape index (κ3) is 7.69. The minimum atomic E-state index is -0.340. The Morgan fingerprint density at radius 1 is 1.24 bits per heavy atom. The van der Waals surface area contributed by atoms with Crippen LogP contribution in [0, 0.1) is 0 Å². The van der Waals surface area contributed by atoms with Crippen LogP contribution >= 0.6 is 11.6 Å². The van der Waals surface area contributed by atoms with Crippen LogP contribution in [0.1, 0.15) is 43.2 Å². The summed E-state index contributed by atoms with van der Waals surface area (Å²) < 4.78 is 0. The van der Waals surface area contributed by atoms with Gasteiger partial charge in [0.05, 0.1) is 6.04 Å². The van der Waals surface area contributed by atoms with Crippen LogP contribution in [0.3, 0.4) is 0 Å². The molecule has 4 N–H and O–H groups in total. The number of carbonyl (C=O) groups is 2. The lowest BCUT2D eigenvalue weighted by molar-refractivity contribution is -0.133. The average molecular weight is 483 g/mol. The fraction of sp³-hybridized carbons (Fsp3) is 0.407. The van der Waals surface area contributed by atoms with Crippen molar-refractivity contribution >= 4 is 29.5 Å². The van der Waals surface area contributed by atoms with E-state index in [1.807, 2.05) is 35.2 Å². The van der Waals surface area contributed by atoms with Crippen LogP contribution in [0.25, 0.3) is 6.08 Å². The number of rotatable bonds is 10. The van der Waals surface area contributed by atoms with E-state index in [1.54, 1.807) is 18.2 Å². The largest absolute Gasteiger partial charge is 0.351 e. The summed E-state index contributed by atoms with van der Waals surface area (Å²) in [5.41, 5.74) is 7.97. The van der Waals surface area contributed by atoms with Gasteiger partial charge in [0.2, 0.25) is 11.8 Å². The zero-order valence-electron chi connectivity index (χ0n) is 19.8. The molecule has 3 unspecified atom stereocenters. The Bertz CT molecular complexity index is 949. The highest BCUT2D eigenvalue weighted by Crippen LogP contribution is 2.22. The number of halogens is 1. The molecular weight excluding hydrogens is 448 g/mol. The fourth-order valence-corrected chi connectivity index (χ4v) is 4.41. The predicted molar refractivity (Wildman–Crippen MR) is 139 cm³/mol. The lowest BCUT2D eigenvalue weighted by Crippen LogP contribution is -2.49. The monoisotopic (exact) mass is 482 g/mol. The van der Waals surface area contributed by atoms with Gasteiger partial charge in [-0.3, -0.25) is 9.59 Å². The van der Waals surface area contributed by atoms with Gasteiger partial charge >= 0.3 is 0 Å². The van der Waals surface area contributed by atoms with Crippen LogP contribution in [-0.4, -0.2) is 55.0 Å². The zero-order chi connectivity index (χ0) is 24.3. The normalized spacial score (nSPS) is 19.7. The van der Waals surface area contributed by atoms with E-state index in [1.165, 1.54) is 11.6 Å². The Balaban J connectivity index is 1.59. The molecule has 0 radical (unpaired) electrons. The van der Waals surface area contributed by atoms with Crippen molar-refractivity contribution in [1.29, 1.82) is 0 Å². The maximum atomic E-state index is 13.3. The van der Waals surface area contributed by atoms with Crippen LogP contribution in [0.4, 0.5) is 0 Å². The van der Waals surface area contributed by atoms with Crippen molar-refractivity contribution in [2.45, 2.75) is 44.2 Å². The quantitative estimate of drug-likeness (QED) is 0.452. The molecule has 1 aliphatic rings. The van der Waals surface area contributed by atoms with Crippen molar-refractivity contribution in [2.75, 3.05) is 26.2 Å². The molecule has 0 aromatic heterocycles. The number of nitrogens with one attached hydrogen (secondary N) is 2. The molecule has 2 aromatic rings. The van der Waals surface area contributed by atoms with Crippen molar-refractivity contribution in [3.05, 3.63) is 76.8 Å². The molecule has 6 nitrogen and oxygen atoms in total. The minimum Gasteiger partial charge on any atom is -0.351 e. The zero-order valence-corrected chi connectivity index (χ0v) is 20.5.